The summed E-state index contributed by atoms with van der Waals surface area (Å²) in [6, 6.07) is 0.531. The van der Waals surface area contributed by atoms with Crippen molar-refractivity contribution < 1.29 is 4.79 Å². The van der Waals surface area contributed by atoms with Gasteiger partial charge in [-0.2, -0.15) is 0 Å². The molecule has 2 rings (SSSR count). The Kier molecular flexibility index (Phi) is 3.90. The number of carbonyl (C=O) groups is 1. The number of rotatable bonds is 4. The van der Waals surface area contributed by atoms with Crippen LogP contribution >= 0.6 is 11.3 Å². The fourth-order valence-electron chi connectivity index (χ4n) is 1.94. The summed E-state index contributed by atoms with van der Waals surface area (Å²) in [5, 5.41) is 6.76. The highest BCUT2D eigenvalue weighted by Gasteiger charge is 2.15. The first-order valence-corrected chi connectivity index (χ1v) is 6.51. The number of aromatic nitrogens is 1. The minimum Gasteiger partial charge on any atom is -0.306 e. The van der Waals surface area contributed by atoms with Crippen LogP contribution in [-0.2, 0) is 4.79 Å². The molecule has 0 saturated heterocycles. The standard InChI is InChI=1S/C11H17N3OS/c1-8-6-13-11(16-8)14-10(15)7-12-9-4-2-3-5-9/h6,9,12H,2-5,7H2,1H3,(H,13,14,15). The summed E-state index contributed by atoms with van der Waals surface area (Å²) in [4.78, 5) is 16.8. The summed E-state index contributed by atoms with van der Waals surface area (Å²) in [6.45, 7) is 2.37. The molecule has 0 aliphatic heterocycles. The molecule has 1 saturated carbocycles. The second kappa shape index (κ2) is 5.41. The van der Waals surface area contributed by atoms with E-state index in [2.05, 4.69) is 15.6 Å². The molecule has 1 aliphatic rings. The summed E-state index contributed by atoms with van der Waals surface area (Å²) >= 11 is 1.50. The molecule has 1 aliphatic carbocycles. The predicted octanol–water partition coefficient (Wildman–Crippen LogP) is 1.92. The van der Waals surface area contributed by atoms with Gasteiger partial charge in [-0.25, -0.2) is 4.98 Å². The smallest absolute Gasteiger partial charge is 0.240 e. The molecule has 0 bridgehead atoms. The first kappa shape index (κ1) is 11.5. The van der Waals surface area contributed by atoms with Gasteiger partial charge in [-0.05, 0) is 19.8 Å². The number of hydrogen-bond acceptors (Lipinski definition) is 4. The fourth-order valence-corrected chi connectivity index (χ4v) is 2.62. The number of aryl methyl sites for hydroxylation is 1. The molecular weight excluding hydrogens is 222 g/mol. The summed E-state index contributed by atoms with van der Waals surface area (Å²) in [7, 11) is 0. The monoisotopic (exact) mass is 239 g/mol. The molecular formula is C11H17N3OS. The lowest BCUT2D eigenvalue weighted by molar-refractivity contribution is -0.115. The van der Waals surface area contributed by atoms with E-state index in [-0.39, 0.29) is 5.91 Å². The summed E-state index contributed by atoms with van der Waals surface area (Å²) in [5.41, 5.74) is 0. The molecule has 1 aromatic heterocycles. The Morgan fingerprint density at radius 2 is 2.31 bits per heavy atom. The van der Waals surface area contributed by atoms with Crippen LogP contribution in [0.3, 0.4) is 0 Å². The van der Waals surface area contributed by atoms with Crippen LogP contribution < -0.4 is 10.6 Å². The van der Waals surface area contributed by atoms with E-state index in [0.29, 0.717) is 17.7 Å². The highest BCUT2D eigenvalue weighted by Crippen LogP contribution is 2.18. The predicted molar refractivity (Wildman–Crippen MR) is 65.7 cm³/mol. The molecule has 1 aromatic rings. The van der Waals surface area contributed by atoms with Crippen LogP contribution in [0.25, 0.3) is 0 Å². The van der Waals surface area contributed by atoms with Crippen molar-refractivity contribution in [3.63, 3.8) is 0 Å². The van der Waals surface area contributed by atoms with Crippen LogP contribution in [0, 0.1) is 6.92 Å². The Labute approximate surface area is 99.5 Å². The van der Waals surface area contributed by atoms with E-state index in [1.807, 2.05) is 6.92 Å². The van der Waals surface area contributed by atoms with Crippen LogP contribution in [0.15, 0.2) is 6.20 Å². The normalized spacial score (nSPS) is 16.6. The molecule has 0 atom stereocenters. The number of nitrogens with zero attached hydrogens (tertiary/aromatic N) is 1. The van der Waals surface area contributed by atoms with E-state index in [1.54, 1.807) is 6.20 Å². The van der Waals surface area contributed by atoms with Crippen molar-refractivity contribution >= 4 is 22.4 Å². The van der Waals surface area contributed by atoms with Crippen molar-refractivity contribution in [3.8, 4) is 0 Å². The number of anilines is 1. The third kappa shape index (κ3) is 3.28. The zero-order chi connectivity index (χ0) is 11.4. The Morgan fingerprint density at radius 3 is 2.94 bits per heavy atom. The number of hydrogen-bond donors (Lipinski definition) is 2. The van der Waals surface area contributed by atoms with E-state index < -0.39 is 0 Å². The Balaban J connectivity index is 1.71. The molecule has 4 nitrogen and oxygen atoms in total. The van der Waals surface area contributed by atoms with Crippen molar-refractivity contribution in [2.75, 3.05) is 11.9 Å². The first-order chi connectivity index (χ1) is 7.74. The van der Waals surface area contributed by atoms with E-state index in [9.17, 15) is 4.79 Å². The summed E-state index contributed by atoms with van der Waals surface area (Å²) < 4.78 is 0. The molecule has 1 amide bonds. The Morgan fingerprint density at radius 1 is 1.56 bits per heavy atom. The van der Waals surface area contributed by atoms with Crippen LogP contribution in [0.5, 0.6) is 0 Å². The van der Waals surface area contributed by atoms with Gasteiger partial charge in [-0.3, -0.25) is 4.79 Å². The van der Waals surface area contributed by atoms with Gasteiger partial charge in [0.25, 0.3) is 0 Å². The molecule has 1 heterocycles. The third-order valence-corrected chi connectivity index (χ3v) is 3.60. The number of thiazole rings is 1. The zero-order valence-corrected chi connectivity index (χ0v) is 10.3. The average molecular weight is 239 g/mol. The van der Waals surface area contributed by atoms with Crippen molar-refractivity contribution in [2.24, 2.45) is 0 Å². The molecule has 88 valence electrons. The van der Waals surface area contributed by atoms with Crippen molar-refractivity contribution in [1.29, 1.82) is 0 Å². The number of carbonyl (C=O) groups excluding carboxylic acids is 1. The fraction of sp³-hybridized carbons (Fsp3) is 0.636. The van der Waals surface area contributed by atoms with Gasteiger partial charge in [0.15, 0.2) is 5.13 Å². The SMILES string of the molecule is Cc1cnc(NC(=O)CNC2CCCC2)s1. The highest BCUT2D eigenvalue weighted by molar-refractivity contribution is 7.15. The maximum atomic E-state index is 11.6. The maximum absolute atomic E-state index is 11.6. The average Bonchev–Trinajstić information content (AvgIpc) is 2.87. The quantitative estimate of drug-likeness (QED) is 0.844. The summed E-state index contributed by atoms with van der Waals surface area (Å²) in [6.07, 6.45) is 6.73. The number of nitrogens with one attached hydrogen (secondary N) is 2. The topological polar surface area (TPSA) is 54.0 Å². The van der Waals surface area contributed by atoms with E-state index >= 15 is 0 Å². The number of amides is 1. The third-order valence-electron chi connectivity index (χ3n) is 2.77. The highest BCUT2D eigenvalue weighted by atomic mass is 32.1. The van der Waals surface area contributed by atoms with Gasteiger partial charge in [-0.1, -0.05) is 12.8 Å². The minimum atomic E-state index is 0.00116. The Bertz CT molecular complexity index is 358. The van der Waals surface area contributed by atoms with Crippen molar-refractivity contribution in [2.45, 2.75) is 38.6 Å². The van der Waals surface area contributed by atoms with E-state index in [1.165, 1.54) is 37.0 Å². The molecule has 16 heavy (non-hydrogen) atoms. The largest absolute Gasteiger partial charge is 0.306 e. The van der Waals surface area contributed by atoms with Gasteiger partial charge in [0.1, 0.15) is 0 Å². The molecule has 0 spiro atoms. The molecule has 1 fully saturated rings. The lowest BCUT2D eigenvalue weighted by Crippen LogP contribution is -2.34. The molecule has 0 radical (unpaired) electrons. The lowest BCUT2D eigenvalue weighted by atomic mass is 10.2. The van der Waals surface area contributed by atoms with E-state index in [0.717, 1.165) is 4.88 Å². The van der Waals surface area contributed by atoms with Gasteiger partial charge >= 0.3 is 0 Å². The molecule has 2 N–H and O–H groups in total. The Hall–Kier alpha value is -0.940. The van der Waals surface area contributed by atoms with E-state index in [4.69, 9.17) is 0 Å². The van der Waals surface area contributed by atoms with Crippen LogP contribution in [-0.4, -0.2) is 23.5 Å². The zero-order valence-electron chi connectivity index (χ0n) is 9.45. The van der Waals surface area contributed by atoms with Gasteiger partial charge in [0.05, 0.1) is 6.54 Å². The van der Waals surface area contributed by atoms with Gasteiger partial charge < -0.3 is 10.6 Å². The first-order valence-electron chi connectivity index (χ1n) is 5.70. The second-order valence-corrected chi connectivity index (χ2v) is 5.42. The van der Waals surface area contributed by atoms with Crippen LogP contribution in [0.1, 0.15) is 30.6 Å². The molecule has 5 heteroatoms. The maximum Gasteiger partial charge on any atom is 0.240 e. The van der Waals surface area contributed by atoms with Gasteiger partial charge in [0, 0.05) is 17.1 Å². The molecule has 0 unspecified atom stereocenters. The minimum absolute atomic E-state index is 0.00116. The lowest BCUT2D eigenvalue weighted by Gasteiger charge is -2.10. The van der Waals surface area contributed by atoms with Crippen molar-refractivity contribution in [3.05, 3.63) is 11.1 Å². The van der Waals surface area contributed by atoms with Gasteiger partial charge in [0.2, 0.25) is 5.91 Å². The molecule has 0 aromatic carbocycles. The van der Waals surface area contributed by atoms with Crippen LogP contribution in [0.4, 0.5) is 5.13 Å². The summed E-state index contributed by atoms with van der Waals surface area (Å²) in [5.74, 6) is 0.00116. The second-order valence-electron chi connectivity index (χ2n) is 4.19. The van der Waals surface area contributed by atoms with Gasteiger partial charge in [-0.15, -0.1) is 11.3 Å². The van der Waals surface area contributed by atoms with Crippen molar-refractivity contribution in [1.82, 2.24) is 10.3 Å². The van der Waals surface area contributed by atoms with Crippen LogP contribution in [0.2, 0.25) is 0 Å².